The van der Waals surface area contributed by atoms with Gasteiger partial charge in [-0.3, -0.25) is 4.68 Å². The van der Waals surface area contributed by atoms with Crippen LogP contribution in [-0.4, -0.2) is 36.3 Å². The van der Waals surface area contributed by atoms with Gasteiger partial charge in [0.25, 0.3) is 0 Å². The van der Waals surface area contributed by atoms with Crippen LogP contribution in [0.5, 0.6) is 0 Å². The second kappa shape index (κ2) is 5.74. The number of hydrogen-bond donors (Lipinski definition) is 1. The zero-order chi connectivity index (χ0) is 18.8. The first-order valence-electron chi connectivity index (χ1n) is 8.49. The van der Waals surface area contributed by atoms with Gasteiger partial charge in [0.05, 0.1) is 5.60 Å². The van der Waals surface area contributed by atoms with E-state index in [2.05, 4.69) is 20.1 Å². The molecular weight excluding hydrogens is 372 g/mol. The van der Waals surface area contributed by atoms with Crippen molar-refractivity contribution in [2.24, 2.45) is 13.0 Å². The number of fused-ring (bicyclic) bond motifs is 2. The Morgan fingerprint density at radius 1 is 1.22 bits per heavy atom. The molecule has 1 saturated carbocycles. The Kier molecular flexibility index (Phi) is 3.54. The van der Waals surface area contributed by atoms with E-state index in [0.29, 0.717) is 16.3 Å². The molecule has 9 heteroatoms. The minimum atomic E-state index is -2.39. The zero-order valence-corrected chi connectivity index (χ0v) is 15.1. The van der Waals surface area contributed by atoms with Crippen molar-refractivity contribution in [3.05, 3.63) is 35.6 Å². The summed E-state index contributed by atoms with van der Waals surface area (Å²) in [5.41, 5.74) is 0.247. The molecule has 0 aromatic carbocycles. The van der Waals surface area contributed by atoms with Gasteiger partial charge in [-0.25, -0.2) is 23.7 Å². The molecule has 1 aliphatic carbocycles. The zero-order valence-electron chi connectivity index (χ0n) is 14.3. The highest BCUT2D eigenvalue weighted by molar-refractivity contribution is 7.18. The standard InChI is InChI=1S/C18H15F2N5OS/c1-25-8-11-2-9(6-22-16(11)24-25)15-21-7-10-3-13(27-17(10)23-15)18(26)4-12(5-18)14(19)20/h2-3,6-8,12,14,26H,4-5H2,1H3. The summed E-state index contributed by atoms with van der Waals surface area (Å²) in [7, 11) is 1.83. The average molecular weight is 387 g/mol. The quantitative estimate of drug-likeness (QED) is 0.582. The van der Waals surface area contributed by atoms with E-state index in [1.807, 2.05) is 19.3 Å². The lowest BCUT2D eigenvalue weighted by atomic mass is 9.70. The van der Waals surface area contributed by atoms with Crippen molar-refractivity contribution in [1.82, 2.24) is 24.7 Å². The molecule has 5 rings (SSSR count). The number of thiophene rings is 1. The van der Waals surface area contributed by atoms with Crippen molar-refractivity contribution in [3.8, 4) is 11.4 Å². The predicted molar refractivity (Wildman–Crippen MR) is 97.5 cm³/mol. The highest BCUT2D eigenvalue weighted by Gasteiger charge is 2.48. The van der Waals surface area contributed by atoms with E-state index in [1.54, 1.807) is 23.1 Å². The second-order valence-corrected chi connectivity index (χ2v) is 8.07. The molecule has 138 valence electrons. The van der Waals surface area contributed by atoms with E-state index in [4.69, 9.17) is 0 Å². The highest BCUT2D eigenvalue weighted by Crippen LogP contribution is 2.50. The molecule has 0 spiro atoms. The van der Waals surface area contributed by atoms with Crippen LogP contribution in [0.3, 0.4) is 0 Å². The number of aromatic nitrogens is 5. The van der Waals surface area contributed by atoms with Gasteiger partial charge in [-0.05, 0) is 25.0 Å². The van der Waals surface area contributed by atoms with Gasteiger partial charge in [0.1, 0.15) is 4.83 Å². The third-order valence-electron chi connectivity index (χ3n) is 5.02. The molecule has 0 unspecified atom stereocenters. The first kappa shape index (κ1) is 16.6. The van der Waals surface area contributed by atoms with Crippen LogP contribution < -0.4 is 0 Å². The van der Waals surface area contributed by atoms with Crippen LogP contribution in [0.2, 0.25) is 0 Å². The topological polar surface area (TPSA) is 76.7 Å². The van der Waals surface area contributed by atoms with E-state index in [-0.39, 0.29) is 12.8 Å². The fourth-order valence-electron chi connectivity index (χ4n) is 3.54. The fourth-order valence-corrected chi connectivity index (χ4v) is 4.65. The van der Waals surface area contributed by atoms with E-state index in [0.717, 1.165) is 21.2 Å². The predicted octanol–water partition coefficient (Wildman–Crippen LogP) is 3.50. The van der Waals surface area contributed by atoms with Gasteiger partial charge >= 0.3 is 0 Å². The third-order valence-corrected chi connectivity index (χ3v) is 6.26. The van der Waals surface area contributed by atoms with E-state index in [1.165, 1.54) is 11.3 Å². The molecule has 0 aliphatic heterocycles. The Balaban J connectivity index is 1.50. The molecule has 4 aromatic heterocycles. The summed E-state index contributed by atoms with van der Waals surface area (Å²) in [6.07, 6.45) is 3.02. The van der Waals surface area contributed by atoms with Crippen molar-refractivity contribution in [3.63, 3.8) is 0 Å². The van der Waals surface area contributed by atoms with Gasteiger partial charge in [0, 0.05) is 52.8 Å². The van der Waals surface area contributed by atoms with Crippen LogP contribution >= 0.6 is 11.3 Å². The number of alkyl halides is 2. The number of nitrogens with zero attached hydrogens (tertiary/aromatic N) is 5. The summed E-state index contributed by atoms with van der Waals surface area (Å²) in [6, 6.07) is 3.73. The van der Waals surface area contributed by atoms with Gasteiger partial charge in [-0.15, -0.1) is 11.3 Å². The summed E-state index contributed by atoms with van der Waals surface area (Å²) in [4.78, 5) is 14.7. The molecule has 1 aliphatic rings. The number of halogens is 2. The van der Waals surface area contributed by atoms with E-state index < -0.39 is 17.9 Å². The summed E-state index contributed by atoms with van der Waals surface area (Å²) in [6.45, 7) is 0. The third kappa shape index (κ3) is 2.69. The van der Waals surface area contributed by atoms with Crippen molar-refractivity contribution >= 4 is 32.6 Å². The molecule has 1 N–H and O–H groups in total. The maximum Gasteiger partial charge on any atom is 0.241 e. The molecule has 0 bridgehead atoms. The summed E-state index contributed by atoms with van der Waals surface area (Å²) in [5, 5.41) is 16.6. The number of rotatable bonds is 3. The Bertz CT molecular complexity index is 1170. The lowest BCUT2D eigenvalue weighted by molar-refractivity contribution is -0.124. The minimum Gasteiger partial charge on any atom is -0.384 e. The second-order valence-electron chi connectivity index (χ2n) is 7.04. The fraction of sp³-hybridized carbons (Fsp3) is 0.333. The van der Waals surface area contributed by atoms with Crippen LogP contribution in [-0.2, 0) is 12.6 Å². The summed E-state index contributed by atoms with van der Waals surface area (Å²) >= 11 is 1.33. The lowest BCUT2D eigenvalue weighted by Crippen LogP contribution is -2.43. The average Bonchev–Trinajstić information content (AvgIpc) is 3.19. The van der Waals surface area contributed by atoms with Gasteiger partial charge in [-0.1, -0.05) is 0 Å². The molecule has 6 nitrogen and oxygen atoms in total. The van der Waals surface area contributed by atoms with Crippen molar-refractivity contribution in [2.45, 2.75) is 24.9 Å². The lowest BCUT2D eigenvalue weighted by Gasteiger charge is -2.42. The maximum absolute atomic E-state index is 12.8. The minimum absolute atomic E-state index is 0.0827. The maximum atomic E-state index is 12.8. The SMILES string of the molecule is Cn1cc2cc(-c3ncc4cc(C5(O)CC(C(F)F)C5)sc4n3)cnc2n1. The van der Waals surface area contributed by atoms with Crippen LogP contribution in [0.25, 0.3) is 32.6 Å². The van der Waals surface area contributed by atoms with E-state index >= 15 is 0 Å². The first-order chi connectivity index (χ1) is 12.9. The smallest absolute Gasteiger partial charge is 0.241 e. The Morgan fingerprint density at radius 3 is 2.81 bits per heavy atom. The Morgan fingerprint density at radius 2 is 2.04 bits per heavy atom. The van der Waals surface area contributed by atoms with Crippen molar-refractivity contribution < 1.29 is 13.9 Å². The molecule has 4 heterocycles. The van der Waals surface area contributed by atoms with Gasteiger partial charge in [0.15, 0.2) is 11.5 Å². The number of aliphatic hydroxyl groups is 1. The Labute approximate surface area is 156 Å². The van der Waals surface area contributed by atoms with Gasteiger partial charge < -0.3 is 5.11 Å². The number of hydrogen-bond acceptors (Lipinski definition) is 6. The molecule has 27 heavy (non-hydrogen) atoms. The van der Waals surface area contributed by atoms with Gasteiger partial charge in [0.2, 0.25) is 6.43 Å². The molecule has 1 fully saturated rings. The summed E-state index contributed by atoms with van der Waals surface area (Å²) < 4.78 is 27.2. The van der Waals surface area contributed by atoms with Crippen molar-refractivity contribution in [2.75, 3.05) is 0 Å². The molecule has 0 amide bonds. The van der Waals surface area contributed by atoms with Crippen LogP contribution in [0, 0.1) is 5.92 Å². The Hall–Kier alpha value is -2.52. The molecule has 0 radical (unpaired) electrons. The molecule has 4 aromatic rings. The van der Waals surface area contributed by atoms with Crippen LogP contribution in [0.1, 0.15) is 17.7 Å². The largest absolute Gasteiger partial charge is 0.384 e. The monoisotopic (exact) mass is 387 g/mol. The normalized spacial score (nSPS) is 22.6. The molecule has 0 saturated heterocycles. The van der Waals surface area contributed by atoms with Crippen LogP contribution in [0.4, 0.5) is 8.78 Å². The number of aryl methyl sites for hydroxylation is 1. The molecule has 0 atom stereocenters. The van der Waals surface area contributed by atoms with E-state index in [9.17, 15) is 13.9 Å². The summed E-state index contributed by atoms with van der Waals surface area (Å²) in [5.74, 6) is -0.209. The van der Waals surface area contributed by atoms with Crippen LogP contribution in [0.15, 0.2) is 30.7 Å². The molecular formula is C18H15F2N5OS. The highest BCUT2D eigenvalue weighted by atomic mass is 32.1. The number of pyridine rings is 1. The van der Waals surface area contributed by atoms with Crippen molar-refractivity contribution in [1.29, 1.82) is 0 Å². The first-order valence-corrected chi connectivity index (χ1v) is 9.30. The van der Waals surface area contributed by atoms with Gasteiger partial charge in [-0.2, -0.15) is 5.10 Å².